The first kappa shape index (κ1) is 18.3. The second-order valence-corrected chi connectivity index (χ2v) is 7.05. The number of aryl methyl sites for hydroxylation is 1. The van der Waals surface area contributed by atoms with Gasteiger partial charge in [-0.3, -0.25) is 9.69 Å². The summed E-state index contributed by atoms with van der Waals surface area (Å²) in [6, 6.07) is 21.2. The van der Waals surface area contributed by atoms with Crippen LogP contribution in [0.3, 0.4) is 0 Å². The van der Waals surface area contributed by atoms with Gasteiger partial charge in [0, 0.05) is 26.2 Å². The third kappa shape index (κ3) is 3.51. The molecule has 1 aliphatic rings. The fourth-order valence-corrected chi connectivity index (χ4v) is 3.75. The first-order valence-corrected chi connectivity index (χ1v) is 9.50. The number of amides is 1. The quantitative estimate of drug-likeness (QED) is 0.757. The van der Waals surface area contributed by atoms with E-state index in [1.54, 1.807) is 11.8 Å². The van der Waals surface area contributed by atoms with Crippen molar-refractivity contribution < 1.29 is 9.32 Å². The maximum atomic E-state index is 12.8. The molecule has 4 rings (SSSR count). The fraction of sp³-hybridized carbons (Fsp3) is 0.273. The van der Waals surface area contributed by atoms with Crippen LogP contribution in [-0.4, -0.2) is 47.0 Å². The number of benzene rings is 2. The van der Waals surface area contributed by atoms with Crippen LogP contribution in [0.25, 0.3) is 0 Å². The molecule has 0 spiro atoms. The summed E-state index contributed by atoms with van der Waals surface area (Å²) in [6.45, 7) is 4.51. The van der Waals surface area contributed by atoms with Crippen LogP contribution in [0.1, 0.15) is 33.4 Å². The smallest absolute Gasteiger partial charge is 0.278 e. The Kier molecular flexibility index (Phi) is 5.12. The zero-order valence-electron chi connectivity index (χ0n) is 15.9. The van der Waals surface area contributed by atoms with Gasteiger partial charge in [0.15, 0.2) is 11.5 Å². The topological polar surface area (TPSA) is 75.6 Å². The number of rotatable bonds is 4. The normalized spacial score (nSPS) is 15.1. The van der Waals surface area contributed by atoms with Gasteiger partial charge in [-0.2, -0.15) is 0 Å². The van der Waals surface area contributed by atoms with Crippen molar-refractivity contribution in [3.05, 3.63) is 83.2 Å². The molecular formula is C22H24N4O2. The molecule has 3 aromatic rings. The van der Waals surface area contributed by atoms with E-state index >= 15 is 0 Å². The minimum atomic E-state index is -0.162. The monoisotopic (exact) mass is 376 g/mol. The summed E-state index contributed by atoms with van der Waals surface area (Å²) in [7, 11) is 0. The lowest BCUT2D eigenvalue weighted by atomic mass is 9.96. The van der Waals surface area contributed by atoms with Crippen LogP contribution in [0.2, 0.25) is 0 Å². The van der Waals surface area contributed by atoms with E-state index < -0.39 is 0 Å². The summed E-state index contributed by atoms with van der Waals surface area (Å²) in [4.78, 5) is 17.0. The number of hydrogen-bond donors (Lipinski definition) is 1. The molecule has 2 aromatic carbocycles. The van der Waals surface area contributed by atoms with E-state index in [-0.39, 0.29) is 17.6 Å². The number of nitrogen functional groups attached to an aromatic ring is 1. The Bertz CT molecular complexity index is 892. The fourth-order valence-electron chi connectivity index (χ4n) is 3.75. The predicted molar refractivity (Wildman–Crippen MR) is 108 cm³/mol. The van der Waals surface area contributed by atoms with Crippen molar-refractivity contribution >= 4 is 11.6 Å². The van der Waals surface area contributed by atoms with E-state index in [2.05, 4.69) is 58.6 Å². The standard InChI is InChI=1S/C22H24N4O2/c1-16-19(23)20(24-28-16)22(27)26-14-12-25(13-15-26)21(17-8-4-2-5-9-17)18-10-6-3-7-11-18/h2-11,21H,12-15,23H2,1H3. The maximum absolute atomic E-state index is 12.8. The molecule has 0 bridgehead atoms. The number of carbonyl (C=O) groups is 1. The molecule has 2 N–H and O–H groups in total. The number of piperazine rings is 1. The van der Waals surface area contributed by atoms with E-state index in [4.69, 9.17) is 10.3 Å². The minimum Gasteiger partial charge on any atom is -0.394 e. The number of carbonyl (C=O) groups excluding carboxylic acids is 1. The van der Waals surface area contributed by atoms with Gasteiger partial charge >= 0.3 is 0 Å². The van der Waals surface area contributed by atoms with Crippen molar-refractivity contribution in [3.8, 4) is 0 Å². The van der Waals surface area contributed by atoms with Gasteiger partial charge in [0.2, 0.25) is 0 Å². The highest BCUT2D eigenvalue weighted by molar-refractivity contribution is 5.97. The Morgan fingerprint density at radius 2 is 1.50 bits per heavy atom. The Morgan fingerprint density at radius 3 is 1.96 bits per heavy atom. The molecule has 144 valence electrons. The van der Waals surface area contributed by atoms with Crippen molar-refractivity contribution in [2.75, 3.05) is 31.9 Å². The predicted octanol–water partition coefficient (Wildman–Crippen LogP) is 3.11. The number of aromatic nitrogens is 1. The second-order valence-electron chi connectivity index (χ2n) is 7.05. The third-order valence-corrected chi connectivity index (χ3v) is 5.31. The first-order valence-electron chi connectivity index (χ1n) is 9.50. The van der Waals surface area contributed by atoms with Crippen LogP contribution >= 0.6 is 0 Å². The highest BCUT2D eigenvalue weighted by Crippen LogP contribution is 2.29. The molecule has 0 saturated carbocycles. The van der Waals surface area contributed by atoms with Crippen molar-refractivity contribution in [1.29, 1.82) is 0 Å². The van der Waals surface area contributed by atoms with Crippen molar-refractivity contribution in [2.45, 2.75) is 13.0 Å². The average Bonchev–Trinajstić information content (AvgIpc) is 3.08. The highest BCUT2D eigenvalue weighted by Gasteiger charge is 2.30. The number of hydrogen-bond acceptors (Lipinski definition) is 5. The molecule has 6 heteroatoms. The molecule has 1 amide bonds. The molecule has 6 nitrogen and oxygen atoms in total. The number of nitrogens with two attached hydrogens (primary N) is 1. The molecule has 1 aliphatic heterocycles. The van der Waals surface area contributed by atoms with Gasteiger partial charge in [0.05, 0.1) is 6.04 Å². The molecule has 1 fully saturated rings. The summed E-state index contributed by atoms with van der Waals surface area (Å²) in [5.41, 5.74) is 8.98. The van der Waals surface area contributed by atoms with Crippen LogP contribution in [0.5, 0.6) is 0 Å². The van der Waals surface area contributed by atoms with Gasteiger partial charge in [-0.1, -0.05) is 65.8 Å². The average molecular weight is 376 g/mol. The van der Waals surface area contributed by atoms with Gasteiger partial charge < -0.3 is 15.2 Å². The van der Waals surface area contributed by atoms with Crippen LogP contribution in [0.15, 0.2) is 65.2 Å². The second kappa shape index (κ2) is 7.86. The van der Waals surface area contributed by atoms with Crippen LogP contribution in [0.4, 0.5) is 5.69 Å². The molecule has 1 saturated heterocycles. The summed E-state index contributed by atoms with van der Waals surface area (Å²) < 4.78 is 5.05. The van der Waals surface area contributed by atoms with E-state index in [1.807, 2.05) is 12.1 Å². The molecule has 28 heavy (non-hydrogen) atoms. The lowest BCUT2D eigenvalue weighted by molar-refractivity contribution is 0.0588. The van der Waals surface area contributed by atoms with Crippen molar-refractivity contribution in [3.63, 3.8) is 0 Å². The SMILES string of the molecule is Cc1onc(C(=O)N2CCN(C(c3ccccc3)c3ccccc3)CC2)c1N. The largest absolute Gasteiger partial charge is 0.394 e. The zero-order chi connectivity index (χ0) is 19.5. The lowest BCUT2D eigenvalue weighted by Gasteiger charge is -2.39. The molecule has 1 aromatic heterocycles. The van der Waals surface area contributed by atoms with Crippen LogP contribution in [-0.2, 0) is 0 Å². The summed E-state index contributed by atoms with van der Waals surface area (Å²) >= 11 is 0. The van der Waals surface area contributed by atoms with E-state index in [0.717, 1.165) is 13.1 Å². The Balaban J connectivity index is 1.52. The molecular weight excluding hydrogens is 352 g/mol. The number of nitrogens with zero attached hydrogens (tertiary/aromatic N) is 3. The van der Waals surface area contributed by atoms with Gasteiger partial charge in [-0.05, 0) is 18.1 Å². The van der Waals surface area contributed by atoms with Crippen LogP contribution < -0.4 is 5.73 Å². The number of anilines is 1. The summed E-state index contributed by atoms with van der Waals surface area (Å²) in [6.07, 6.45) is 0. The Morgan fingerprint density at radius 1 is 0.964 bits per heavy atom. The van der Waals surface area contributed by atoms with Crippen molar-refractivity contribution in [2.24, 2.45) is 0 Å². The van der Waals surface area contributed by atoms with E-state index in [9.17, 15) is 4.79 Å². The summed E-state index contributed by atoms with van der Waals surface area (Å²) in [5.74, 6) is 0.320. The summed E-state index contributed by atoms with van der Waals surface area (Å²) in [5, 5.41) is 3.83. The van der Waals surface area contributed by atoms with Gasteiger partial charge in [0.25, 0.3) is 5.91 Å². The van der Waals surface area contributed by atoms with Gasteiger partial charge in [-0.15, -0.1) is 0 Å². The third-order valence-electron chi connectivity index (χ3n) is 5.31. The molecule has 2 heterocycles. The van der Waals surface area contributed by atoms with Gasteiger partial charge in [0.1, 0.15) is 5.69 Å². The molecule has 0 unspecified atom stereocenters. The Hall–Kier alpha value is -3.12. The highest BCUT2D eigenvalue weighted by atomic mass is 16.5. The first-order chi connectivity index (χ1) is 13.6. The van der Waals surface area contributed by atoms with Crippen molar-refractivity contribution in [1.82, 2.24) is 15.0 Å². The maximum Gasteiger partial charge on any atom is 0.278 e. The Labute approximate surface area is 164 Å². The molecule has 0 radical (unpaired) electrons. The van der Waals surface area contributed by atoms with Crippen LogP contribution in [0, 0.1) is 6.92 Å². The van der Waals surface area contributed by atoms with E-state index in [1.165, 1.54) is 11.1 Å². The minimum absolute atomic E-state index is 0.162. The van der Waals surface area contributed by atoms with Gasteiger partial charge in [-0.25, -0.2) is 0 Å². The zero-order valence-corrected chi connectivity index (χ0v) is 15.9. The van der Waals surface area contributed by atoms with E-state index in [0.29, 0.717) is 24.5 Å². The molecule has 0 atom stereocenters. The lowest BCUT2D eigenvalue weighted by Crippen LogP contribution is -2.50. The molecule has 0 aliphatic carbocycles.